The van der Waals surface area contributed by atoms with Gasteiger partial charge in [-0.15, -0.1) is 0 Å². The Balaban J connectivity index is 1.89. The average Bonchev–Trinajstić information content (AvgIpc) is 2.88. The smallest absolute Gasteiger partial charge is 0.322 e. The molecule has 1 atom stereocenters. The van der Waals surface area contributed by atoms with Crippen LogP contribution >= 0.6 is 0 Å². The Hall–Kier alpha value is -2.18. The van der Waals surface area contributed by atoms with E-state index in [1.54, 1.807) is 0 Å². The van der Waals surface area contributed by atoms with Crippen LogP contribution in [0.3, 0.4) is 0 Å². The molecule has 0 radical (unpaired) electrons. The Bertz CT molecular complexity index is 573. The van der Waals surface area contributed by atoms with Crippen LogP contribution in [0.5, 0.6) is 0 Å². The van der Waals surface area contributed by atoms with E-state index in [2.05, 4.69) is 20.6 Å². The minimum Gasteiger partial charge on any atom is -0.353 e. The van der Waals surface area contributed by atoms with Crippen LogP contribution in [0.25, 0.3) is 0 Å². The van der Waals surface area contributed by atoms with Gasteiger partial charge in [-0.2, -0.15) is 0 Å². The van der Waals surface area contributed by atoms with Gasteiger partial charge in [-0.3, -0.25) is 10.1 Å². The molecule has 2 N–H and O–H groups in total. The lowest BCUT2D eigenvalue weighted by molar-refractivity contribution is -0.123. The molecule has 100 valence electrons. The van der Waals surface area contributed by atoms with Crippen LogP contribution in [0.1, 0.15) is 17.7 Å². The summed E-state index contributed by atoms with van der Waals surface area (Å²) in [5, 5.41) is 5.03. The number of hydrogen-bond acceptors (Lipinski definition) is 5. The summed E-state index contributed by atoms with van der Waals surface area (Å²) in [6, 6.07) is -0.414. The predicted molar refractivity (Wildman–Crippen MR) is 67.7 cm³/mol. The van der Waals surface area contributed by atoms with Crippen LogP contribution in [0, 0.1) is 13.8 Å². The third-order valence-corrected chi connectivity index (χ3v) is 3.89. The van der Waals surface area contributed by atoms with Gasteiger partial charge < -0.3 is 10.2 Å². The molecule has 2 fully saturated rings. The topological polar surface area (TPSA) is 87.2 Å². The molecule has 1 unspecified atom stereocenters. The Morgan fingerprint density at radius 3 is 2.79 bits per heavy atom. The molecular weight excluding hydrogens is 246 g/mol. The maximum Gasteiger partial charge on any atom is 0.322 e. The van der Waals surface area contributed by atoms with Crippen LogP contribution in [-0.2, 0) is 4.79 Å². The second-order valence-electron chi connectivity index (χ2n) is 5.07. The third-order valence-electron chi connectivity index (χ3n) is 3.89. The molecule has 1 spiro atoms. The summed E-state index contributed by atoms with van der Waals surface area (Å²) in [6.07, 6.45) is 2.11. The van der Waals surface area contributed by atoms with Gasteiger partial charge in [0.15, 0.2) is 0 Å². The van der Waals surface area contributed by atoms with Gasteiger partial charge >= 0.3 is 6.03 Å². The summed E-state index contributed by atoms with van der Waals surface area (Å²) in [4.78, 5) is 33.6. The van der Waals surface area contributed by atoms with E-state index in [0.29, 0.717) is 19.5 Å². The van der Waals surface area contributed by atoms with E-state index in [9.17, 15) is 9.59 Å². The quantitative estimate of drug-likeness (QED) is 0.688. The fourth-order valence-electron chi connectivity index (χ4n) is 2.65. The predicted octanol–water partition coefficient (Wildman–Crippen LogP) is -0.118. The van der Waals surface area contributed by atoms with Gasteiger partial charge in [-0.1, -0.05) is 0 Å². The van der Waals surface area contributed by atoms with Crippen molar-refractivity contribution >= 4 is 17.8 Å². The molecule has 7 heteroatoms. The van der Waals surface area contributed by atoms with Crippen molar-refractivity contribution in [2.24, 2.45) is 0 Å². The highest BCUT2D eigenvalue weighted by Gasteiger charge is 2.51. The number of rotatable bonds is 1. The van der Waals surface area contributed by atoms with Crippen molar-refractivity contribution < 1.29 is 9.59 Å². The fourth-order valence-corrected chi connectivity index (χ4v) is 2.65. The highest BCUT2D eigenvalue weighted by Crippen LogP contribution is 2.29. The van der Waals surface area contributed by atoms with Crippen LogP contribution in [0.2, 0.25) is 0 Å². The normalized spacial score (nSPS) is 25.9. The Labute approximate surface area is 110 Å². The Kier molecular flexibility index (Phi) is 2.44. The van der Waals surface area contributed by atoms with Gasteiger partial charge in [0.1, 0.15) is 17.7 Å². The van der Waals surface area contributed by atoms with E-state index in [1.807, 2.05) is 18.7 Å². The number of hydrogen-bond donors (Lipinski definition) is 2. The zero-order valence-corrected chi connectivity index (χ0v) is 10.9. The first-order valence-corrected chi connectivity index (χ1v) is 6.19. The van der Waals surface area contributed by atoms with Crippen molar-refractivity contribution in [3.05, 3.63) is 17.6 Å². The largest absolute Gasteiger partial charge is 0.353 e. The molecule has 3 heterocycles. The van der Waals surface area contributed by atoms with E-state index in [1.165, 1.54) is 6.33 Å². The van der Waals surface area contributed by atoms with Crippen LogP contribution < -0.4 is 15.5 Å². The summed E-state index contributed by atoms with van der Waals surface area (Å²) in [5.74, 6) is 0.585. The van der Waals surface area contributed by atoms with Crippen molar-refractivity contribution in [3.63, 3.8) is 0 Å². The number of imide groups is 1. The summed E-state index contributed by atoms with van der Waals surface area (Å²) in [5.41, 5.74) is 1.12. The highest BCUT2D eigenvalue weighted by atomic mass is 16.2. The van der Waals surface area contributed by atoms with E-state index in [-0.39, 0.29) is 5.91 Å². The van der Waals surface area contributed by atoms with Crippen molar-refractivity contribution in [1.29, 1.82) is 0 Å². The van der Waals surface area contributed by atoms with Crippen LogP contribution in [0.15, 0.2) is 6.33 Å². The number of nitrogens with zero attached hydrogens (tertiary/aromatic N) is 3. The molecule has 1 aromatic heterocycles. The van der Waals surface area contributed by atoms with Gasteiger partial charge in [0.2, 0.25) is 0 Å². The van der Waals surface area contributed by atoms with Gasteiger partial charge in [-0.05, 0) is 20.3 Å². The summed E-state index contributed by atoms with van der Waals surface area (Å²) in [7, 11) is 0. The maximum absolute atomic E-state index is 11.9. The minimum absolute atomic E-state index is 0.247. The number of anilines is 1. The molecule has 2 saturated heterocycles. The molecule has 19 heavy (non-hydrogen) atoms. The fraction of sp³-hybridized carbons (Fsp3) is 0.500. The molecule has 7 nitrogen and oxygen atoms in total. The van der Waals surface area contributed by atoms with Crippen molar-refractivity contribution in [2.75, 3.05) is 18.0 Å². The molecule has 0 bridgehead atoms. The number of aryl methyl sites for hydroxylation is 1. The van der Waals surface area contributed by atoms with Crippen molar-refractivity contribution in [1.82, 2.24) is 20.6 Å². The lowest BCUT2D eigenvalue weighted by Gasteiger charge is -2.23. The standard InChI is InChI=1S/C12H15N5O2/c1-7-8(2)13-6-14-9(7)17-4-3-12(5-17)10(18)15-11(19)16-12/h6H,3-5H2,1-2H3,(H2,15,16,18,19). The summed E-state index contributed by atoms with van der Waals surface area (Å²) in [6.45, 7) is 5.02. The number of nitrogens with one attached hydrogen (secondary N) is 2. The highest BCUT2D eigenvalue weighted by molar-refractivity contribution is 6.07. The van der Waals surface area contributed by atoms with Gasteiger partial charge in [0.05, 0.1) is 6.54 Å². The van der Waals surface area contributed by atoms with E-state index < -0.39 is 11.6 Å². The van der Waals surface area contributed by atoms with Gasteiger partial charge in [-0.25, -0.2) is 14.8 Å². The van der Waals surface area contributed by atoms with Crippen LogP contribution in [0.4, 0.5) is 10.6 Å². The number of amides is 3. The molecule has 3 rings (SSSR count). The van der Waals surface area contributed by atoms with Crippen molar-refractivity contribution in [2.45, 2.75) is 25.8 Å². The first kappa shape index (κ1) is 11.9. The lowest BCUT2D eigenvalue weighted by atomic mass is 9.99. The zero-order valence-electron chi connectivity index (χ0n) is 10.9. The van der Waals surface area contributed by atoms with E-state index in [0.717, 1.165) is 17.1 Å². The second-order valence-corrected chi connectivity index (χ2v) is 5.07. The third kappa shape index (κ3) is 1.73. The van der Waals surface area contributed by atoms with Gasteiger partial charge in [0.25, 0.3) is 5.91 Å². The summed E-state index contributed by atoms with van der Waals surface area (Å²) < 4.78 is 0. The maximum atomic E-state index is 11.9. The Morgan fingerprint density at radius 2 is 2.11 bits per heavy atom. The molecule has 2 aliphatic rings. The molecular formula is C12H15N5O2. The number of carbonyl (C=O) groups excluding carboxylic acids is 2. The summed E-state index contributed by atoms with van der Waals surface area (Å²) >= 11 is 0. The SMILES string of the molecule is Cc1ncnc(N2CCC3(C2)NC(=O)NC3=O)c1C. The van der Waals surface area contributed by atoms with Crippen molar-refractivity contribution in [3.8, 4) is 0 Å². The van der Waals surface area contributed by atoms with E-state index in [4.69, 9.17) is 0 Å². The first-order chi connectivity index (χ1) is 9.02. The molecule has 1 aromatic rings. The lowest BCUT2D eigenvalue weighted by Crippen LogP contribution is -2.49. The number of aromatic nitrogens is 2. The average molecular weight is 261 g/mol. The minimum atomic E-state index is -0.803. The zero-order chi connectivity index (χ0) is 13.6. The van der Waals surface area contributed by atoms with Gasteiger partial charge in [0, 0.05) is 17.8 Å². The van der Waals surface area contributed by atoms with E-state index >= 15 is 0 Å². The molecule has 0 aromatic carbocycles. The number of carbonyl (C=O) groups is 2. The molecule has 0 aliphatic carbocycles. The number of urea groups is 1. The van der Waals surface area contributed by atoms with Crippen LogP contribution in [-0.4, -0.2) is 40.5 Å². The first-order valence-electron chi connectivity index (χ1n) is 6.19. The second kappa shape index (κ2) is 3.91. The molecule has 2 aliphatic heterocycles. The molecule has 3 amide bonds. The monoisotopic (exact) mass is 261 g/mol. The molecule has 0 saturated carbocycles. The Morgan fingerprint density at radius 1 is 1.32 bits per heavy atom.